The van der Waals surface area contributed by atoms with Crippen molar-refractivity contribution in [1.82, 2.24) is 24.8 Å². The first-order valence-electron chi connectivity index (χ1n) is 15.7. The predicted octanol–water partition coefficient (Wildman–Crippen LogP) is 4.12. The van der Waals surface area contributed by atoms with Gasteiger partial charge in [-0.05, 0) is 84.0 Å². The molecule has 6 rings (SSSR count). The smallest absolute Gasteiger partial charge is 0.410 e. The Hall–Kier alpha value is -3.65. The van der Waals surface area contributed by atoms with E-state index >= 15 is 0 Å². The van der Waals surface area contributed by atoms with Crippen LogP contribution in [0.4, 0.5) is 16.3 Å². The van der Waals surface area contributed by atoms with Gasteiger partial charge in [0.2, 0.25) is 0 Å². The van der Waals surface area contributed by atoms with Gasteiger partial charge in [0.15, 0.2) is 0 Å². The topological polar surface area (TPSA) is 111 Å². The highest BCUT2D eigenvalue weighted by Crippen LogP contribution is 2.45. The Labute approximate surface area is 254 Å². The van der Waals surface area contributed by atoms with Crippen molar-refractivity contribution in [3.8, 4) is 12.1 Å². The van der Waals surface area contributed by atoms with Crippen molar-refractivity contribution in [2.24, 2.45) is 0 Å². The van der Waals surface area contributed by atoms with Gasteiger partial charge in [0.05, 0.1) is 42.7 Å². The summed E-state index contributed by atoms with van der Waals surface area (Å²) in [5, 5.41) is 9.63. The van der Waals surface area contributed by atoms with E-state index in [9.17, 15) is 10.1 Å². The van der Waals surface area contributed by atoms with Gasteiger partial charge >= 0.3 is 12.1 Å². The monoisotopic (exact) mass is 588 g/mol. The summed E-state index contributed by atoms with van der Waals surface area (Å²) in [6.45, 7) is 10.3. The fraction of sp³-hybridized carbons (Fsp3) is 0.656. The van der Waals surface area contributed by atoms with Crippen LogP contribution in [0.25, 0.3) is 0 Å². The second kappa shape index (κ2) is 12.2. The molecule has 11 nitrogen and oxygen atoms in total. The van der Waals surface area contributed by atoms with Crippen molar-refractivity contribution in [3.05, 3.63) is 35.3 Å². The van der Waals surface area contributed by atoms with Crippen LogP contribution in [0.2, 0.25) is 0 Å². The molecule has 0 aromatic carbocycles. The van der Waals surface area contributed by atoms with Crippen LogP contribution in [0.1, 0.15) is 75.6 Å². The van der Waals surface area contributed by atoms with E-state index in [0.717, 1.165) is 43.0 Å². The number of likely N-dealkylation sites (tertiary alicyclic amines) is 1. The molecule has 2 saturated heterocycles. The lowest BCUT2D eigenvalue weighted by atomic mass is 10.0. The molecule has 43 heavy (non-hydrogen) atoms. The van der Waals surface area contributed by atoms with Crippen LogP contribution >= 0.6 is 0 Å². The summed E-state index contributed by atoms with van der Waals surface area (Å²) >= 11 is 0. The summed E-state index contributed by atoms with van der Waals surface area (Å²) in [5.41, 5.74) is 4.08. The van der Waals surface area contributed by atoms with Crippen molar-refractivity contribution in [2.45, 2.75) is 89.4 Å². The minimum atomic E-state index is -0.601. The van der Waals surface area contributed by atoms with Crippen molar-refractivity contribution in [2.75, 3.05) is 56.2 Å². The maximum absolute atomic E-state index is 13.0. The maximum Gasteiger partial charge on any atom is 0.410 e. The molecule has 3 fully saturated rings. The largest absolute Gasteiger partial charge is 0.462 e. The van der Waals surface area contributed by atoms with E-state index in [-0.39, 0.29) is 18.6 Å². The summed E-state index contributed by atoms with van der Waals surface area (Å²) in [4.78, 5) is 36.1. The number of carbonyl (C=O) groups is 1. The Morgan fingerprint density at radius 3 is 2.65 bits per heavy atom. The molecule has 0 unspecified atom stereocenters. The minimum Gasteiger partial charge on any atom is -0.462 e. The van der Waals surface area contributed by atoms with Crippen LogP contribution in [0.15, 0.2) is 18.5 Å². The van der Waals surface area contributed by atoms with Crippen molar-refractivity contribution in [3.63, 3.8) is 0 Å². The van der Waals surface area contributed by atoms with Crippen LogP contribution in [0.5, 0.6) is 6.01 Å². The van der Waals surface area contributed by atoms with Gasteiger partial charge in [0.25, 0.3) is 0 Å². The molecular weight excluding hydrogens is 544 g/mol. The lowest BCUT2D eigenvalue weighted by molar-refractivity contribution is 0.0144. The number of piperazine rings is 1. The Morgan fingerprint density at radius 1 is 1.09 bits per heavy atom. The Morgan fingerprint density at radius 2 is 1.93 bits per heavy atom. The van der Waals surface area contributed by atoms with Crippen molar-refractivity contribution in [1.29, 1.82) is 5.26 Å². The minimum absolute atomic E-state index is 0.221. The summed E-state index contributed by atoms with van der Waals surface area (Å²) in [7, 11) is 2.14. The third kappa shape index (κ3) is 6.64. The molecule has 0 bridgehead atoms. The summed E-state index contributed by atoms with van der Waals surface area (Å²) in [6.07, 6.45) is 9.29. The molecule has 0 radical (unpaired) electrons. The molecule has 3 aliphatic heterocycles. The number of ether oxygens (including phenoxy) is 2. The molecule has 0 spiro atoms. The molecule has 1 amide bonds. The summed E-state index contributed by atoms with van der Waals surface area (Å²) in [5.74, 6) is 1.49. The van der Waals surface area contributed by atoms with Crippen LogP contribution < -0.4 is 14.5 Å². The van der Waals surface area contributed by atoms with Crippen LogP contribution in [-0.2, 0) is 17.7 Å². The molecule has 0 N–H and O–H groups in total. The number of fused-ring (bicyclic) bond motifs is 1. The number of pyridine rings is 1. The first-order valence-corrected chi connectivity index (χ1v) is 15.7. The molecule has 1 saturated carbocycles. The quantitative estimate of drug-likeness (QED) is 0.468. The summed E-state index contributed by atoms with van der Waals surface area (Å²) in [6, 6.07) is 4.90. The van der Waals surface area contributed by atoms with Crippen molar-refractivity contribution >= 4 is 17.6 Å². The molecule has 1 aliphatic carbocycles. The van der Waals surface area contributed by atoms with Gasteiger partial charge < -0.3 is 29.1 Å². The lowest BCUT2D eigenvalue weighted by Gasteiger charge is -2.42. The van der Waals surface area contributed by atoms with E-state index in [2.05, 4.69) is 38.9 Å². The van der Waals surface area contributed by atoms with Gasteiger partial charge in [-0.3, -0.25) is 4.98 Å². The van der Waals surface area contributed by atoms with E-state index in [1.54, 1.807) is 4.90 Å². The third-order valence-corrected chi connectivity index (χ3v) is 9.03. The number of amides is 1. The third-order valence-electron chi connectivity index (χ3n) is 9.03. The first kappa shape index (κ1) is 29.4. The zero-order valence-electron chi connectivity index (χ0n) is 26.0. The number of nitrogens with zero attached hydrogens (tertiary/aromatic N) is 8. The lowest BCUT2D eigenvalue weighted by Crippen LogP contribution is -2.56. The van der Waals surface area contributed by atoms with Gasteiger partial charge in [0, 0.05) is 44.0 Å². The fourth-order valence-corrected chi connectivity index (χ4v) is 6.57. The number of carbonyl (C=O) groups excluding carboxylic acids is 1. The standard InChI is InChI=1S/C32H44N8O3/c1-32(2,3)43-31(41)40-17-16-39(19-23(40)9-12-33)29-26-11-15-38(28-18-34-13-10-25(28)22-7-8-22)20-27(26)35-30(36-29)42-21-24-6-5-14-37(24)4/h10,13,18,22-24H,5-9,11,14-17,19-21H2,1-4H3/t23-,24-/m0/s1. The van der Waals surface area contributed by atoms with Crippen LogP contribution in [0, 0.1) is 11.3 Å². The van der Waals surface area contributed by atoms with Gasteiger partial charge in [-0.1, -0.05) is 0 Å². The SMILES string of the molecule is CN1CCC[C@H]1COc1nc2c(c(N3CCN(C(=O)OC(C)(C)C)[C@@H](CC#N)C3)n1)CCN(c1cnccc1C1CC1)C2. The second-order valence-electron chi connectivity index (χ2n) is 13.4. The van der Waals surface area contributed by atoms with Crippen molar-refractivity contribution < 1.29 is 14.3 Å². The molecule has 4 aliphatic rings. The van der Waals surface area contributed by atoms with Crippen LogP contribution in [0.3, 0.4) is 0 Å². The fourth-order valence-electron chi connectivity index (χ4n) is 6.57. The van der Waals surface area contributed by atoms with Crippen LogP contribution in [-0.4, -0.2) is 94.9 Å². The molecule has 11 heteroatoms. The van der Waals surface area contributed by atoms with E-state index in [1.807, 2.05) is 33.2 Å². The Bertz CT molecular complexity index is 1370. The highest BCUT2D eigenvalue weighted by atomic mass is 16.6. The van der Waals surface area contributed by atoms with E-state index in [4.69, 9.17) is 19.4 Å². The van der Waals surface area contributed by atoms with E-state index < -0.39 is 5.60 Å². The average molecular weight is 589 g/mol. The Kier molecular flexibility index (Phi) is 8.32. The second-order valence-corrected chi connectivity index (χ2v) is 13.4. The molecule has 230 valence electrons. The van der Waals surface area contributed by atoms with Gasteiger partial charge in [-0.2, -0.15) is 15.2 Å². The Balaban J connectivity index is 1.28. The molecule has 5 heterocycles. The zero-order chi connectivity index (χ0) is 30.1. The molecule has 2 aromatic heterocycles. The molecule has 2 atom stereocenters. The van der Waals surface area contributed by atoms with E-state index in [1.165, 1.54) is 30.5 Å². The molecule has 2 aromatic rings. The summed E-state index contributed by atoms with van der Waals surface area (Å²) < 4.78 is 12.0. The predicted molar refractivity (Wildman–Crippen MR) is 163 cm³/mol. The van der Waals surface area contributed by atoms with Gasteiger partial charge in [0.1, 0.15) is 18.0 Å². The zero-order valence-corrected chi connectivity index (χ0v) is 26.0. The van der Waals surface area contributed by atoms with E-state index in [0.29, 0.717) is 50.8 Å². The number of nitriles is 1. The highest BCUT2D eigenvalue weighted by molar-refractivity contribution is 5.69. The average Bonchev–Trinajstić information content (AvgIpc) is 3.75. The number of aromatic nitrogens is 3. The number of likely N-dealkylation sites (N-methyl/N-ethyl adjacent to an activating group) is 1. The number of hydrogen-bond donors (Lipinski definition) is 0. The van der Waals surface area contributed by atoms with Gasteiger partial charge in [-0.15, -0.1) is 0 Å². The first-order chi connectivity index (χ1) is 20.7. The highest BCUT2D eigenvalue weighted by Gasteiger charge is 2.36. The number of hydrogen-bond acceptors (Lipinski definition) is 10. The maximum atomic E-state index is 13.0. The normalized spacial score (nSPS) is 22.7. The van der Waals surface area contributed by atoms with Gasteiger partial charge in [-0.25, -0.2) is 4.79 Å². The number of anilines is 2. The molecular formula is C32H44N8O3. The number of rotatable bonds is 7.